The number of aliphatic hydroxyl groups excluding tert-OH is 1. The van der Waals surface area contributed by atoms with E-state index in [1.54, 1.807) is 0 Å². The number of aliphatic hydroxyl groups is 1. The van der Waals surface area contributed by atoms with Crippen molar-refractivity contribution in [3.8, 4) is 11.5 Å². The molecule has 14 heteroatoms. The van der Waals surface area contributed by atoms with Crippen molar-refractivity contribution >= 4 is 39.4 Å². The van der Waals surface area contributed by atoms with Crippen LogP contribution in [-0.4, -0.2) is 80.5 Å². The number of guanidine groups is 1. The van der Waals surface area contributed by atoms with Gasteiger partial charge < -0.3 is 46.7 Å². The lowest BCUT2D eigenvalue weighted by Gasteiger charge is -2.44. The molecule has 11 aliphatic rings. The maximum Gasteiger partial charge on any atom is 0.303 e. The highest BCUT2D eigenvalue weighted by atomic mass is 33.1. The molecule has 1 amide bonds. The standard InChI is InChI=1S/C53H78N6O6S2/c1-35(60)64-51-20-11-37(42(61)31-51)9-3-2-6-26-66-67-53(19-8-17-50(53)15-4-5-16-50)58-48(55)57-25-23-49(30-36-14-24-56-43(54)27-36)32-44(62)59(34-49)33-40-28-38(12-21-51)45-39-13-22-52(65-47(45)46(40)63)18-7-10-41(52)29-39/h14,27-28,37,39,41-42,56,61,63H,2-13,15-26,29-34,54H2,1H3,(H3,55,57,58). The van der Waals surface area contributed by atoms with E-state index in [0.29, 0.717) is 87.2 Å². The van der Waals surface area contributed by atoms with E-state index < -0.39 is 17.1 Å². The zero-order chi connectivity index (χ0) is 46.4. The van der Waals surface area contributed by atoms with Crippen LogP contribution in [0, 0.1) is 22.7 Å². The summed E-state index contributed by atoms with van der Waals surface area (Å²) in [5, 5.41) is 31.4. The van der Waals surface area contributed by atoms with Crippen LogP contribution in [0.3, 0.4) is 0 Å². The molecule has 6 fully saturated rings. The SMILES string of the molecule is CC(=O)OC12CCc3cc(c(O)c4c3C3CCC5(CCCC5C3)O4)CN3CC(CC4=CCNC(N)=C4)(CCN=C(N)NC4(CCCC45CCCC5)SSCCCCCC(CC1)C(O)C2)CC3=O. The van der Waals surface area contributed by atoms with Gasteiger partial charge in [0.25, 0.3) is 0 Å². The van der Waals surface area contributed by atoms with E-state index in [0.717, 1.165) is 106 Å². The summed E-state index contributed by atoms with van der Waals surface area (Å²) in [5.41, 5.74) is 16.0. The second-order valence-electron chi connectivity index (χ2n) is 22.8. The Labute approximate surface area is 406 Å². The molecule has 3 spiro atoms. The van der Waals surface area contributed by atoms with Crippen molar-refractivity contribution in [3.63, 3.8) is 0 Å². The summed E-state index contributed by atoms with van der Waals surface area (Å²) >= 11 is 0. The van der Waals surface area contributed by atoms with Gasteiger partial charge in [-0.15, -0.1) is 0 Å². The number of fused-ring (bicyclic) bond motifs is 13. The Bertz CT molecular complexity index is 2140. The van der Waals surface area contributed by atoms with Crippen molar-refractivity contribution in [2.45, 2.75) is 202 Å². The van der Waals surface area contributed by atoms with Crippen LogP contribution in [0.2, 0.25) is 0 Å². The highest BCUT2D eigenvalue weighted by Crippen LogP contribution is 2.63. The average Bonchev–Trinajstić information content (AvgIpc) is 4.04. The van der Waals surface area contributed by atoms with Gasteiger partial charge in [-0.1, -0.05) is 53.3 Å². The molecule has 1 saturated heterocycles. The van der Waals surface area contributed by atoms with Gasteiger partial charge in [-0.25, -0.2) is 0 Å². The number of rotatable bonds is 3. The number of carbonyl (C=O) groups is 2. The summed E-state index contributed by atoms with van der Waals surface area (Å²) in [6, 6.07) is 2.14. The molecule has 5 aliphatic carbocycles. The van der Waals surface area contributed by atoms with Gasteiger partial charge in [0.15, 0.2) is 17.5 Å². The summed E-state index contributed by atoms with van der Waals surface area (Å²) in [7, 11) is 3.99. The Morgan fingerprint density at radius 2 is 1.82 bits per heavy atom. The van der Waals surface area contributed by atoms with Crippen LogP contribution in [-0.2, 0) is 27.3 Å². The summed E-state index contributed by atoms with van der Waals surface area (Å²) in [6.45, 7) is 3.42. The Morgan fingerprint density at radius 1 is 0.970 bits per heavy atom. The monoisotopic (exact) mass is 959 g/mol. The number of phenols is 1. The van der Waals surface area contributed by atoms with Crippen molar-refractivity contribution < 1.29 is 29.3 Å². The first-order valence-corrected chi connectivity index (χ1v) is 28.6. The normalized spacial score (nSPS) is 36.8. The Hall–Kier alpha value is -3.23. The number of benzene rings is 1. The lowest BCUT2D eigenvalue weighted by Crippen LogP contribution is -2.55. The maximum atomic E-state index is 14.5. The van der Waals surface area contributed by atoms with Gasteiger partial charge in [0, 0.05) is 73.7 Å². The zero-order valence-electron chi connectivity index (χ0n) is 40.1. The number of carbonyl (C=O) groups excluding carboxylic acids is 2. The van der Waals surface area contributed by atoms with Gasteiger partial charge in [-0.2, -0.15) is 0 Å². The predicted molar refractivity (Wildman–Crippen MR) is 267 cm³/mol. The maximum absolute atomic E-state index is 14.5. The quantitative estimate of drug-likeness (QED) is 0.125. The number of phenolic OH excluding ortho intramolecular Hbond substituents is 1. The molecule has 8 N–H and O–H groups in total. The lowest BCUT2D eigenvalue weighted by atomic mass is 9.70. The topological polar surface area (TPSA) is 185 Å². The van der Waals surface area contributed by atoms with Crippen LogP contribution in [0.4, 0.5) is 0 Å². The van der Waals surface area contributed by atoms with Crippen LogP contribution in [0.15, 0.2) is 34.6 Å². The number of amides is 1. The molecule has 8 unspecified atom stereocenters. The molecule has 6 aliphatic heterocycles. The number of ether oxygens (including phenoxy) is 2. The summed E-state index contributed by atoms with van der Waals surface area (Å²) in [5.74, 6) is 3.64. The molecule has 0 aromatic heterocycles. The first-order chi connectivity index (χ1) is 32.3. The van der Waals surface area contributed by atoms with Crippen molar-refractivity contribution in [2.75, 3.05) is 25.4 Å². The van der Waals surface area contributed by atoms with Crippen LogP contribution in [0.25, 0.3) is 0 Å². The smallest absolute Gasteiger partial charge is 0.303 e. The molecule has 368 valence electrons. The number of nitrogens with two attached hydrogens (primary N) is 2. The lowest BCUT2D eigenvalue weighted by molar-refractivity contribution is -0.168. The molecule has 6 heterocycles. The first kappa shape index (κ1) is 47.4. The summed E-state index contributed by atoms with van der Waals surface area (Å²) in [6.07, 6.45) is 27.6. The number of aromatic hydroxyl groups is 1. The molecule has 1 aromatic carbocycles. The molecular weight excluding hydrogens is 881 g/mol. The third kappa shape index (κ3) is 9.43. The Kier molecular flexibility index (Phi) is 13.6. The third-order valence-corrected chi connectivity index (χ3v) is 21.9. The third-order valence-electron chi connectivity index (χ3n) is 18.6. The zero-order valence-corrected chi connectivity index (χ0v) is 41.8. The molecule has 12 nitrogen and oxygen atoms in total. The minimum atomic E-state index is -0.775. The van der Waals surface area contributed by atoms with Gasteiger partial charge >= 0.3 is 5.97 Å². The van der Waals surface area contributed by atoms with E-state index >= 15 is 0 Å². The Morgan fingerprint density at radius 3 is 2.64 bits per heavy atom. The average molecular weight is 959 g/mol. The number of dihydropyridines is 1. The number of aliphatic imine (C=N–C) groups is 1. The predicted octanol–water partition coefficient (Wildman–Crippen LogP) is 9.12. The second kappa shape index (κ2) is 19.2. The van der Waals surface area contributed by atoms with Crippen LogP contribution < -0.4 is 26.8 Å². The van der Waals surface area contributed by atoms with Gasteiger partial charge in [0.1, 0.15) is 16.1 Å². The molecular formula is C53H78N6O6S2. The molecule has 12 rings (SSSR count). The number of hydrogen-bond acceptors (Lipinski definition) is 13. The summed E-state index contributed by atoms with van der Waals surface area (Å²) < 4.78 is 13.5. The minimum absolute atomic E-state index is 0.0614. The van der Waals surface area contributed by atoms with E-state index in [2.05, 4.69) is 22.8 Å². The van der Waals surface area contributed by atoms with Crippen molar-refractivity contribution in [1.82, 2.24) is 15.5 Å². The second-order valence-corrected chi connectivity index (χ2v) is 25.5. The van der Waals surface area contributed by atoms with E-state index in [1.165, 1.54) is 45.4 Å². The summed E-state index contributed by atoms with van der Waals surface area (Å²) in [4.78, 5) is 34.2. The fourth-order valence-electron chi connectivity index (χ4n) is 15.2. The fraction of sp³-hybridized carbons (Fsp3) is 0.755. The molecule has 8 atom stereocenters. The fourth-order valence-corrected chi connectivity index (χ4v) is 18.8. The number of hydrogen-bond donors (Lipinski definition) is 6. The highest BCUT2D eigenvalue weighted by Gasteiger charge is 2.57. The van der Waals surface area contributed by atoms with Gasteiger partial charge in [0.05, 0.1) is 11.9 Å². The van der Waals surface area contributed by atoms with E-state index in [-0.39, 0.29) is 51.9 Å². The van der Waals surface area contributed by atoms with Gasteiger partial charge in [-0.05, 0) is 163 Å². The number of nitrogens with one attached hydrogen (secondary N) is 2. The van der Waals surface area contributed by atoms with E-state index in [4.69, 9.17) is 25.9 Å². The van der Waals surface area contributed by atoms with Crippen LogP contribution in [0.1, 0.15) is 184 Å². The van der Waals surface area contributed by atoms with E-state index in [1.807, 2.05) is 32.6 Å². The molecule has 5 saturated carbocycles. The molecule has 1 aromatic rings. The van der Waals surface area contributed by atoms with Crippen LogP contribution in [0.5, 0.6) is 11.5 Å². The van der Waals surface area contributed by atoms with Gasteiger partial charge in [0.2, 0.25) is 5.91 Å². The highest BCUT2D eigenvalue weighted by molar-refractivity contribution is 8.77. The minimum Gasteiger partial charge on any atom is -0.504 e. The van der Waals surface area contributed by atoms with Crippen molar-refractivity contribution in [3.05, 3.63) is 46.3 Å². The molecule has 67 heavy (non-hydrogen) atoms. The number of esters is 1. The molecule has 8 bridgehead atoms. The van der Waals surface area contributed by atoms with Crippen molar-refractivity contribution in [2.24, 2.45) is 39.1 Å². The Balaban J connectivity index is 0.994. The molecule has 0 radical (unpaired) electrons. The number of allylic oxidation sites excluding steroid dienone is 2. The van der Waals surface area contributed by atoms with E-state index in [9.17, 15) is 19.8 Å². The first-order valence-electron chi connectivity index (χ1n) is 26.3. The largest absolute Gasteiger partial charge is 0.504 e. The number of aryl methyl sites for hydroxylation is 1. The number of nitrogens with zero attached hydrogens (tertiary/aromatic N) is 2. The van der Waals surface area contributed by atoms with Gasteiger partial charge in [-0.3, -0.25) is 14.6 Å². The van der Waals surface area contributed by atoms with Crippen molar-refractivity contribution in [1.29, 1.82) is 0 Å². The van der Waals surface area contributed by atoms with Crippen LogP contribution >= 0.6 is 21.6 Å².